The summed E-state index contributed by atoms with van der Waals surface area (Å²) in [4.78, 5) is 4.86. The molecular formula is C30H48N2O2. The van der Waals surface area contributed by atoms with E-state index in [0.717, 1.165) is 25.6 Å². The van der Waals surface area contributed by atoms with Gasteiger partial charge in [0.25, 0.3) is 0 Å². The lowest BCUT2D eigenvalue weighted by atomic mass is 9.97. The third-order valence-electron chi connectivity index (χ3n) is 7.35. The Bertz CT molecular complexity index is 812. The van der Waals surface area contributed by atoms with E-state index in [1.54, 1.807) is 0 Å². The smallest absolute Gasteiger partial charge is 0.142 e. The van der Waals surface area contributed by atoms with Gasteiger partial charge < -0.3 is 9.47 Å². The predicted octanol–water partition coefficient (Wildman–Crippen LogP) is 7.18. The van der Waals surface area contributed by atoms with Crippen LogP contribution in [0.3, 0.4) is 0 Å². The van der Waals surface area contributed by atoms with Gasteiger partial charge in [0.2, 0.25) is 0 Å². The molecule has 34 heavy (non-hydrogen) atoms. The number of unbranched alkanes of at least 4 members (excludes halogenated alkanes) is 1. The summed E-state index contributed by atoms with van der Waals surface area (Å²) < 4.78 is 12.3. The molecule has 0 amide bonds. The quantitative estimate of drug-likeness (QED) is 0.271. The number of likely N-dealkylation sites (N-methyl/N-ethyl adjacent to an activating group) is 2. The number of epoxide rings is 2. The normalized spacial score (nSPS) is 24.2. The largest absolute Gasteiger partial charge is 0.348 e. The Hall–Kier alpha value is -1.46. The van der Waals surface area contributed by atoms with Gasteiger partial charge in [0.1, 0.15) is 24.7 Å². The summed E-state index contributed by atoms with van der Waals surface area (Å²) in [5.41, 5.74) is 3.76. The molecular weight excluding hydrogens is 420 g/mol. The van der Waals surface area contributed by atoms with Crippen molar-refractivity contribution in [3.8, 4) is 0 Å². The van der Waals surface area contributed by atoms with Gasteiger partial charge in [-0.3, -0.25) is 9.80 Å². The summed E-state index contributed by atoms with van der Waals surface area (Å²) in [6, 6.07) is 15.4. The van der Waals surface area contributed by atoms with E-state index in [1.807, 2.05) is 0 Å². The molecule has 190 valence electrons. The molecule has 0 radical (unpaired) electrons. The van der Waals surface area contributed by atoms with Crippen molar-refractivity contribution in [2.75, 3.05) is 26.7 Å². The van der Waals surface area contributed by atoms with E-state index >= 15 is 0 Å². The van der Waals surface area contributed by atoms with Crippen LogP contribution in [0.25, 0.3) is 0 Å². The van der Waals surface area contributed by atoms with Crippen molar-refractivity contribution < 1.29 is 9.47 Å². The molecule has 2 saturated heterocycles. The Morgan fingerprint density at radius 2 is 1.47 bits per heavy atom. The maximum Gasteiger partial charge on any atom is 0.142 e. The maximum atomic E-state index is 6.16. The van der Waals surface area contributed by atoms with E-state index in [2.05, 4.69) is 93.9 Å². The summed E-state index contributed by atoms with van der Waals surface area (Å²) in [7, 11) is 2.21. The Labute approximate surface area is 209 Å². The van der Waals surface area contributed by atoms with E-state index in [0.29, 0.717) is 0 Å². The monoisotopic (exact) mass is 468 g/mol. The van der Waals surface area contributed by atoms with Crippen molar-refractivity contribution in [3.63, 3.8) is 0 Å². The second kappa shape index (κ2) is 13.6. The first-order valence-corrected chi connectivity index (χ1v) is 13.7. The molecule has 2 aliphatic rings. The van der Waals surface area contributed by atoms with Gasteiger partial charge in [0, 0.05) is 13.1 Å². The van der Waals surface area contributed by atoms with Crippen LogP contribution in [0.4, 0.5) is 0 Å². The SMILES string of the molecule is CCCCN(CC)C1OC1c1cccccc(C2OC2N(C)CCC(CC)CCC)cc(C)c1. The van der Waals surface area contributed by atoms with Gasteiger partial charge in [0.05, 0.1) is 0 Å². The molecule has 2 aliphatic heterocycles. The molecule has 3 rings (SSSR count). The molecule has 0 N–H and O–H groups in total. The minimum atomic E-state index is 0.158. The highest BCUT2D eigenvalue weighted by molar-refractivity contribution is 5.29. The number of hydrogen-bond acceptors (Lipinski definition) is 4. The highest BCUT2D eigenvalue weighted by atomic mass is 16.6. The molecule has 2 heterocycles. The second-order valence-corrected chi connectivity index (χ2v) is 10.2. The van der Waals surface area contributed by atoms with E-state index < -0.39 is 0 Å². The standard InChI is InChI=1S/C30H48N2O2/c1-7-11-19-32(10-4)30-28(34-30)26-17-14-12-13-16-25(21-23(5)22-26)27-29(33-27)31(6)20-18-24(9-3)15-8-2/h12-14,16-17,21-22,24,27-30H,7-11,15,18-20H2,1-6H3. The highest BCUT2D eigenvalue weighted by Gasteiger charge is 2.44. The van der Waals surface area contributed by atoms with E-state index in [1.165, 1.54) is 55.2 Å². The summed E-state index contributed by atoms with van der Waals surface area (Å²) in [6.07, 6.45) is 8.32. The number of nitrogens with zero attached hydrogens (tertiary/aromatic N) is 2. The Balaban J connectivity index is 1.67. The van der Waals surface area contributed by atoms with Gasteiger partial charge in [-0.2, -0.15) is 0 Å². The summed E-state index contributed by atoms with van der Waals surface area (Å²) >= 11 is 0. The number of ether oxygens (including phenoxy) is 2. The zero-order valence-corrected chi connectivity index (χ0v) is 22.5. The van der Waals surface area contributed by atoms with Gasteiger partial charge in [0.15, 0.2) is 0 Å². The highest BCUT2D eigenvalue weighted by Crippen LogP contribution is 2.42. The molecule has 0 aliphatic carbocycles. The third-order valence-corrected chi connectivity index (χ3v) is 7.35. The van der Waals surface area contributed by atoms with Gasteiger partial charge >= 0.3 is 0 Å². The number of rotatable bonds is 14. The van der Waals surface area contributed by atoms with Crippen LogP contribution in [-0.4, -0.2) is 48.9 Å². The molecule has 0 bridgehead atoms. The van der Waals surface area contributed by atoms with Crippen molar-refractivity contribution in [3.05, 3.63) is 59.2 Å². The van der Waals surface area contributed by atoms with Crippen LogP contribution in [0.5, 0.6) is 0 Å². The van der Waals surface area contributed by atoms with Crippen LogP contribution < -0.4 is 0 Å². The van der Waals surface area contributed by atoms with Crippen LogP contribution in [0.2, 0.25) is 0 Å². The fraction of sp³-hybridized carbons (Fsp3) is 0.667. The lowest BCUT2D eigenvalue weighted by Crippen LogP contribution is -2.28. The van der Waals surface area contributed by atoms with Crippen molar-refractivity contribution in [1.82, 2.24) is 9.80 Å². The van der Waals surface area contributed by atoms with Crippen molar-refractivity contribution in [2.24, 2.45) is 5.92 Å². The van der Waals surface area contributed by atoms with E-state index in [9.17, 15) is 0 Å². The minimum absolute atomic E-state index is 0.158. The van der Waals surface area contributed by atoms with Crippen LogP contribution in [0, 0.1) is 12.8 Å². The Morgan fingerprint density at radius 1 is 0.824 bits per heavy atom. The molecule has 0 saturated carbocycles. The third kappa shape index (κ3) is 7.78. The zero-order valence-electron chi connectivity index (χ0n) is 22.5. The first-order chi connectivity index (χ1) is 16.5. The molecule has 4 nitrogen and oxygen atoms in total. The lowest BCUT2D eigenvalue weighted by molar-refractivity contribution is 0.181. The average Bonchev–Trinajstić information content (AvgIpc) is 3.75. The molecule has 1 aromatic carbocycles. The predicted molar refractivity (Wildman–Crippen MR) is 142 cm³/mol. The topological polar surface area (TPSA) is 31.5 Å². The van der Waals surface area contributed by atoms with E-state index in [-0.39, 0.29) is 24.7 Å². The molecule has 4 heteroatoms. The molecule has 1 aromatic rings. The van der Waals surface area contributed by atoms with Gasteiger partial charge in [-0.25, -0.2) is 0 Å². The van der Waals surface area contributed by atoms with Crippen LogP contribution >= 0.6 is 0 Å². The summed E-state index contributed by atoms with van der Waals surface area (Å²) in [6.45, 7) is 14.5. The number of aryl methyl sites for hydroxylation is 1. The van der Waals surface area contributed by atoms with Crippen LogP contribution in [0.15, 0.2) is 42.5 Å². The minimum Gasteiger partial charge on any atom is -0.348 e. The fourth-order valence-corrected chi connectivity index (χ4v) is 5.02. The molecule has 5 unspecified atom stereocenters. The summed E-state index contributed by atoms with van der Waals surface area (Å²) in [5, 5.41) is 0. The van der Waals surface area contributed by atoms with Gasteiger partial charge in [-0.05, 0) is 50.4 Å². The second-order valence-electron chi connectivity index (χ2n) is 10.2. The first-order valence-electron chi connectivity index (χ1n) is 13.7. The van der Waals surface area contributed by atoms with E-state index in [4.69, 9.17) is 9.47 Å². The Morgan fingerprint density at radius 3 is 2.06 bits per heavy atom. The van der Waals surface area contributed by atoms with Gasteiger partial charge in [-0.1, -0.05) is 101 Å². The lowest BCUT2D eigenvalue weighted by Gasteiger charge is -2.19. The van der Waals surface area contributed by atoms with Crippen molar-refractivity contribution >= 4 is 0 Å². The molecule has 0 spiro atoms. The van der Waals surface area contributed by atoms with Crippen LogP contribution in [0.1, 0.15) is 95.1 Å². The Kier molecular flexibility index (Phi) is 10.8. The van der Waals surface area contributed by atoms with Gasteiger partial charge in [-0.15, -0.1) is 0 Å². The van der Waals surface area contributed by atoms with Crippen molar-refractivity contribution in [1.29, 1.82) is 0 Å². The fourth-order valence-electron chi connectivity index (χ4n) is 5.02. The number of hydrogen-bond donors (Lipinski definition) is 0. The first kappa shape index (κ1) is 27.1. The molecule has 2 fully saturated rings. The molecule has 0 aromatic heterocycles. The maximum absolute atomic E-state index is 6.16. The average molecular weight is 469 g/mol. The summed E-state index contributed by atoms with van der Waals surface area (Å²) in [5.74, 6) is 0.831. The van der Waals surface area contributed by atoms with Crippen molar-refractivity contribution in [2.45, 2.75) is 97.8 Å². The zero-order chi connectivity index (χ0) is 24.5. The van der Waals surface area contributed by atoms with Crippen LogP contribution in [-0.2, 0) is 9.47 Å². The molecule has 5 atom stereocenters.